The molecule has 4 rings (SSSR count). The molecule has 2 aromatic carbocycles. The second kappa shape index (κ2) is 7.59. The summed E-state index contributed by atoms with van der Waals surface area (Å²) in [7, 11) is 3.17. The lowest BCUT2D eigenvalue weighted by atomic mass is 10.0. The maximum atomic E-state index is 12.4. The summed E-state index contributed by atoms with van der Waals surface area (Å²) in [6.07, 6.45) is 0. The van der Waals surface area contributed by atoms with E-state index >= 15 is 0 Å². The lowest BCUT2D eigenvalue weighted by molar-refractivity contribution is 0.147. The van der Waals surface area contributed by atoms with Gasteiger partial charge in [-0.05, 0) is 24.3 Å². The summed E-state index contributed by atoms with van der Waals surface area (Å²) in [6, 6.07) is 14.6. The van der Waals surface area contributed by atoms with E-state index in [1.165, 1.54) is 0 Å². The lowest BCUT2D eigenvalue weighted by Gasteiger charge is -2.36. The van der Waals surface area contributed by atoms with Crippen molar-refractivity contribution >= 4 is 11.7 Å². The van der Waals surface area contributed by atoms with Crippen LogP contribution in [0.15, 0.2) is 53.1 Å². The summed E-state index contributed by atoms with van der Waals surface area (Å²) in [6.45, 7) is 1.02. The van der Waals surface area contributed by atoms with Crippen LogP contribution in [0.3, 0.4) is 0 Å². The summed E-state index contributed by atoms with van der Waals surface area (Å²) in [5, 5.41) is 6.92. The number of rotatable bonds is 5. The summed E-state index contributed by atoms with van der Waals surface area (Å²) >= 11 is 0. The number of anilines is 1. The molecule has 2 heterocycles. The van der Waals surface area contributed by atoms with Crippen LogP contribution in [0.2, 0.25) is 0 Å². The third-order valence-electron chi connectivity index (χ3n) is 4.66. The van der Waals surface area contributed by atoms with Crippen LogP contribution in [0.25, 0.3) is 11.4 Å². The molecule has 0 atom stereocenters. The third-order valence-corrected chi connectivity index (χ3v) is 4.66. The molecule has 0 aliphatic carbocycles. The van der Waals surface area contributed by atoms with Crippen LogP contribution in [0.1, 0.15) is 11.8 Å². The Balaban J connectivity index is 1.39. The van der Waals surface area contributed by atoms with Crippen LogP contribution >= 0.6 is 0 Å². The highest BCUT2D eigenvalue weighted by atomic mass is 16.5. The number of para-hydroxylation sites is 3. The van der Waals surface area contributed by atoms with Crippen molar-refractivity contribution in [2.24, 2.45) is 0 Å². The van der Waals surface area contributed by atoms with Crippen LogP contribution in [0.4, 0.5) is 10.5 Å². The van der Waals surface area contributed by atoms with Gasteiger partial charge in [0.05, 0.1) is 31.4 Å². The zero-order chi connectivity index (χ0) is 19.5. The first kappa shape index (κ1) is 17.8. The van der Waals surface area contributed by atoms with Gasteiger partial charge in [0.2, 0.25) is 11.7 Å². The van der Waals surface area contributed by atoms with Crippen molar-refractivity contribution in [3.8, 4) is 22.9 Å². The van der Waals surface area contributed by atoms with Crippen molar-refractivity contribution in [1.29, 1.82) is 0 Å². The van der Waals surface area contributed by atoms with E-state index in [-0.39, 0.29) is 11.9 Å². The Labute approximate surface area is 162 Å². The molecule has 0 spiro atoms. The minimum atomic E-state index is -0.190. The molecular formula is C20H20N4O4. The number of nitrogens with zero attached hydrogens (tertiary/aromatic N) is 3. The van der Waals surface area contributed by atoms with E-state index in [1.807, 2.05) is 36.4 Å². The molecular weight excluding hydrogens is 360 g/mol. The number of ether oxygens (including phenoxy) is 2. The van der Waals surface area contributed by atoms with Gasteiger partial charge in [-0.25, -0.2) is 4.79 Å². The number of carbonyl (C=O) groups is 1. The molecule has 0 saturated carbocycles. The maximum Gasteiger partial charge on any atom is 0.321 e. The first-order valence-corrected chi connectivity index (χ1v) is 8.85. The highest BCUT2D eigenvalue weighted by Gasteiger charge is 2.36. The molecule has 3 aromatic rings. The number of benzene rings is 2. The predicted molar refractivity (Wildman–Crippen MR) is 103 cm³/mol. The lowest BCUT2D eigenvalue weighted by Crippen LogP contribution is -2.50. The SMILES string of the molecule is COc1ccccc1NC(=O)N1CC(c2nc(-c3ccccc3OC)no2)C1. The number of hydrogen-bond donors (Lipinski definition) is 1. The Hall–Kier alpha value is -3.55. The number of amides is 2. The molecule has 1 N–H and O–H groups in total. The first-order valence-electron chi connectivity index (χ1n) is 8.85. The molecule has 8 heteroatoms. The highest BCUT2D eigenvalue weighted by Crippen LogP contribution is 2.32. The standard InChI is InChI=1S/C20H20N4O4/c1-26-16-9-5-3-7-14(16)18-22-19(28-23-18)13-11-24(12-13)20(25)21-15-8-4-6-10-17(15)27-2/h3-10,13H,11-12H2,1-2H3,(H,21,25). The molecule has 1 aliphatic rings. The van der Waals surface area contributed by atoms with Gasteiger partial charge in [0.25, 0.3) is 0 Å². The highest BCUT2D eigenvalue weighted by molar-refractivity contribution is 5.91. The van der Waals surface area contributed by atoms with Crippen molar-refractivity contribution in [3.63, 3.8) is 0 Å². The Bertz CT molecular complexity index is 982. The van der Waals surface area contributed by atoms with Gasteiger partial charge in [0.1, 0.15) is 11.5 Å². The van der Waals surface area contributed by atoms with E-state index in [2.05, 4.69) is 15.5 Å². The number of nitrogens with one attached hydrogen (secondary N) is 1. The van der Waals surface area contributed by atoms with Crippen LogP contribution in [-0.2, 0) is 0 Å². The molecule has 1 aliphatic heterocycles. The zero-order valence-corrected chi connectivity index (χ0v) is 15.6. The average Bonchev–Trinajstić information content (AvgIpc) is 3.16. The monoisotopic (exact) mass is 380 g/mol. The van der Waals surface area contributed by atoms with Crippen LogP contribution in [-0.4, -0.2) is 48.4 Å². The van der Waals surface area contributed by atoms with E-state index in [0.717, 1.165) is 5.56 Å². The fraction of sp³-hybridized carbons (Fsp3) is 0.250. The Morgan fingerprint density at radius 2 is 1.75 bits per heavy atom. The van der Waals surface area contributed by atoms with Crippen LogP contribution in [0.5, 0.6) is 11.5 Å². The van der Waals surface area contributed by atoms with Crippen LogP contribution < -0.4 is 14.8 Å². The summed E-state index contributed by atoms with van der Waals surface area (Å²) in [5.41, 5.74) is 1.40. The summed E-state index contributed by atoms with van der Waals surface area (Å²) < 4.78 is 16.0. The van der Waals surface area contributed by atoms with E-state index in [1.54, 1.807) is 31.3 Å². The number of aromatic nitrogens is 2. The predicted octanol–water partition coefficient (Wildman–Crippen LogP) is 3.39. The number of carbonyl (C=O) groups excluding carboxylic acids is 1. The van der Waals surface area contributed by atoms with Crippen molar-refractivity contribution in [2.45, 2.75) is 5.92 Å². The van der Waals surface area contributed by atoms with E-state index < -0.39 is 0 Å². The molecule has 0 bridgehead atoms. The van der Waals surface area contributed by atoms with E-state index in [0.29, 0.717) is 42.0 Å². The zero-order valence-electron chi connectivity index (χ0n) is 15.6. The van der Waals surface area contributed by atoms with Gasteiger partial charge in [0.15, 0.2) is 0 Å². The van der Waals surface area contributed by atoms with Gasteiger partial charge in [-0.1, -0.05) is 29.4 Å². The topological polar surface area (TPSA) is 89.7 Å². The molecule has 8 nitrogen and oxygen atoms in total. The van der Waals surface area contributed by atoms with Gasteiger partial charge in [-0.15, -0.1) is 0 Å². The van der Waals surface area contributed by atoms with E-state index in [4.69, 9.17) is 14.0 Å². The van der Waals surface area contributed by atoms with Crippen molar-refractivity contribution < 1.29 is 18.8 Å². The smallest absolute Gasteiger partial charge is 0.321 e. The number of likely N-dealkylation sites (tertiary alicyclic amines) is 1. The minimum absolute atomic E-state index is 0.0133. The fourth-order valence-corrected chi connectivity index (χ4v) is 3.08. The fourth-order valence-electron chi connectivity index (χ4n) is 3.08. The first-order chi connectivity index (χ1) is 13.7. The van der Waals surface area contributed by atoms with E-state index in [9.17, 15) is 4.79 Å². The largest absolute Gasteiger partial charge is 0.496 e. The molecule has 2 amide bonds. The summed E-state index contributed by atoms with van der Waals surface area (Å²) in [5.74, 6) is 2.30. The maximum absolute atomic E-state index is 12.4. The number of hydrogen-bond acceptors (Lipinski definition) is 6. The Morgan fingerprint density at radius 3 is 2.50 bits per heavy atom. The molecule has 28 heavy (non-hydrogen) atoms. The second-order valence-electron chi connectivity index (χ2n) is 6.39. The molecule has 144 valence electrons. The second-order valence-corrected chi connectivity index (χ2v) is 6.39. The minimum Gasteiger partial charge on any atom is -0.496 e. The Morgan fingerprint density at radius 1 is 1.07 bits per heavy atom. The normalized spacial score (nSPS) is 13.7. The number of urea groups is 1. The molecule has 1 aromatic heterocycles. The molecule has 0 unspecified atom stereocenters. The van der Waals surface area contributed by atoms with Gasteiger partial charge >= 0.3 is 6.03 Å². The van der Waals surface area contributed by atoms with Crippen molar-refractivity contribution in [3.05, 3.63) is 54.4 Å². The van der Waals surface area contributed by atoms with Crippen molar-refractivity contribution in [2.75, 3.05) is 32.6 Å². The third kappa shape index (κ3) is 3.36. The average molecular weight is 380 g/mol. The summed E-state index contributed by atoms with van der Waals surface area (Å²) in [4.78, 5) is 18.6. The number of methoxy groups -OCH3 is 2. The van der Waals surface area contributed by atoms with Crippen LogP contribution in [0, 0.1) is 0 Å². The quantitative estimate of drug-likeness (QED) is 0.730. The molecule has 1 fully saturated rings. The molecule has 0 radical (unpaired) electrons. The van der Waals surface area contributed by atoms with Gasteiger partial charge in [-0.3, -0.25) is 0 Å². The van der Waals surface area contributed by atoms with Gasteiger partial charge in [-0.2, -0.15) is 4.98 Å². The Kier molecular flexibility index (Phi) is 4.84. The van der Waals surface area contributed by atoms with Gasteiger partial charge in [0, 0.05) is 13.1 Å². The van der Waals surface area contributed by atoms with Crippen molar-refractivity contribution in [1.82, 2.24) is 15.0 Å². The molecule has 1 saturated heterocycles. The van der Waals surface area contributed by atoms with Gasteiger partial charge < -0.3 is 24.2 Å².